The Hall–Kier alpha value is -1.16. The van der Waals surface area contributed by atoms with Gasteiger partial charge in [0.05, 0.1) is 11.8 Å². The number of nitrogens with one attached hydrogen (secondary N) is 1. The molecule has 17 heavy (non-hydrogen) atoms. The lowest BCUT2D eigenvalue weighted by molar-refractivity contribution is 0.0939. The van der Waals surface area contributed by atoms with Gasteiger partial charge in [-0.25, -0.2) is 0 Å². The van der Waals surface area contributed by atoms with Gasteiger partial charge in [-0.2, -0.15) is 5.10 Å². The van der Waals surface area contributed by atoms with Gasteiger partial charge in [-0.15, -0.1) is 0 Å². The zero-order valence-electron chi connectivity index (χ0n) is 10.6. The number of nitrogens with zero attached hydrogens (tertiary/aromatic N) is 2. The summed E-state index contributed by atoms with van der Waals surface area (Å²) in [4.78, 5) is 11.8. The highest BCUT2D eigenvalue weighted by Gasteiger charge is 2.16. The molecule has 4 nitrogen and oxygen atoms in total. The van der Waals surface area contributed by atoms with E-state index in [-0.39, 0.29) is 11.7 Å². The van der Waals surface area contributed by atoms with Crippen molar-refractivity contribution >= 4 is 5.78 Å². The van der Waals surface area contributed by atoms with Crippen LogP contribution in [-0.2, 0) is 6.54 Å². The molecule has 0 bridgehead atoms. The number of hydrogen-bond donors (Lipinski definition) is 1. The molecular weight excluding hydrogens is 214 g/mol. The Kier molecular flexibility index (Phi) is 3.94. The van der Waals surface area contributed by atoms with Crippen LogP contribution in [0.3, 0.4) is 0 Å². The molecule has 0 aromatic carbocycles. The summed E-state index contributed by atoms with van der Waals surface area (Å²) in [6, 6.07) is 0. The number of rotatable bonds is 4. The number of carbonyl (C=O) groups is 1. The van der Waals surface area contributed by atoms with Crippen LogP contribution in [0.1, 0.15) is 37.0 Å². The Morgan fingerprint density at radius 2 is 2.24 bits per heavy atom. The molecule has 0 radical (unpaired) electrons. The standard InChI is InChI=1S/C13H21N3O/c1-10(2)13(17)12-7-15-16(9-12)8-11-3-5-14-6-4-11/h7,9-11,14H,3-6,8H2,1-2H3. The lowest BCUT2D eigenvalue weighted by Gasteiger charge is -2.22. The van der Waals surface area contributed by atoms with Gasteiger partial charge in [0.25, 0.3) is 0 Å². The van der Waals surface area contributed by atoms with Crippen LogP contribution in [0.25, 0.3) is 0 Å². The first kappa shape index (κ1) is 12.3. The van der Waals surface area contributed by atoms with E-state index < -0.39 is 0 Å². The first-order valence-electron chi connectivity index (χ1n) is 6.44. The van der Waals surface area contributed by atoms with Gasteiger partial charge in [-0.3, -0.25) is 9.48 Å². The van der Waals surface area contributed by atoms with Crippen molar-refractivity contribution in [1.82, 2.24) is 15.1 Å². The van der Waals surface area contributed by atoms with E-state index in [1.54, 1.807) is 6.20 Å². The summed E-state index contributed by atoms with van der Waals surface area (Å²) in [5.74, 6) is 0.922. The topological polar surface area (TPSA) is 46.9 Å². The molecule has 1 aliphatic heterocycles. The Bertz CT molecular complexity index is 378. The lowest BCUT2D eigenvalue weighted by Crippen LogP contribution is -2.30. The molecule has 0 aliphatic carbocycles. The number of Topliss-reactive ketones (excluding diaryl/α,β-unsaturated/α-hetero) is 1. The quantitative estimate of drug-likeness (QED) is 0.808. The van der Waals surface area contributed by atoms with Crippen molar-refractivity contribution in [3.05, 3.63) is 18.0 Å². The van der Waals surface area contributed by atoms with E-state index in [0.717, 1.165) is 25.2 Å². The van der Waals surface area contributed by atoms with Crippen molar-refractivity contribution in [3.63, 3.8) is 0 Å². The molecule has 2 heterocycles. The molecule has 0 atom stereocenters. The normalized spacial score (nSPS) is 17.6. The molecule has 0 amide bonds. The highest BCUT2D eigenvalue weighted by molar-refractivity contribution is 5.96. The molecule has 94 valence electrons. The molecule has 0 unspecified atom stereocenters. The number of piperidine rings is 1. The summed E-state index contributed by atoms with van der Waals surface area (Å²) < 4.78 is 1.92. The molecule has 1 N–H and O–H groups in total. The number of aromatic nitrogens is 2. The first-order chi connectivity index (χ1) is 8.16. The zero-order chi connectivity index (χ0) is 12.3. The number of hydrogen-bond acceptors (Lipinski definition) is 3. The molecule has 0 spiro atoms. The second-order valence-electron chi connectivity index (χ2n) is 5.16. The average Bonchev–Trinajstić information content (AvgIpc) is 2.77. The van der Waals surface area contributed by atoms with E-state index in [2.05, 4.69) is 10.4 Å². The monoisotopic (exact) mass is 235 g/mol. The Labute approximate surface area is 102 Å². The van der Waals surface area contributed by atoms with Gasteiger partial charge in [-0.1, -0.05) is 13.8 Å². The molecular formula is C13H21N3O. The lowest BCUT2D eigenvalue weighted by atomic mass is 9.98. The Morgan fingerprint density at radius 3 is 2.88 bits per heavy atom. The fraction of sp³-hybridized carbons (Fsp3) is 0.692. The van der Waals surface area contributed by atoms with Gasteiger partial charge in [0.2, 0.25) is 0 Å². The maximum atomic E-state index is 11.8. The smallest absolute Gasteiger partial charge is 0.168 e. The molecule has 4 heteroatoms. The largest absolute Gasteiger partial charge is 0.317 e. The first-order valence-corrected chi connectivity index (χ1v) is 6.44. The van der Waals surface area contributed by atoms with Crippen LogP contribution in [0.2, 0.25) is 0 Å². The van der Waals surface area contributed by atoms with Crippen LogP contribution in [0, 0.1) is 11.8 Å². The van der Waals surface area contributed by atoms with E-state index in [4.69, 9.17) is 0 Å². The summed E-state index contributed by atoms with van der Waals surface area (Å²) in [7, 11) is 0. The van der Waals surface area contributed by atoms with Crippen molar-refractivity contribution in [2.75, 3.05) is 13.1 Å². The van der Waals surface area contributed by atoms with Crippen molar-refractivity contribution in [3.8, 4) is 0 Å². The average molecular weight is 235 g/mol. The van der Waals surface area contributed by atoms with Gasteiger partial charge in [0.15, 0.2) is 5.78 Å². The van der Waals surface area contributed by atoms with Crippen LogP contribution in [-0.4, -0.2) is 28.7 Å². The third-order valence-electron chi connectivity index (χ3n) is 3.35. The van der Waals surface area contributed by atoms with Gasteiger partial charge < -0.3 is 5.32 Å². The number of ketones is 1. The fourth-order valence-corrected chi connectivity index (χ4v) is 2.25. The van der Waals surface area contributed by atoms with Gasteiger partial charge >= 0.3 is 0 Å². The second kappa shape index (κ2) is 5.45. The molecule has 1 aromatic rings. The predicted octanol–water partition coefficient (Wildman–Crippen LogP) is 1.72. The minimum atomic E-state index is 0.0477. The highest BCUT2D eigenvalue weighted by Crippen LogP contribution is 2.15. The highest BCUT2D eigenvalue weighted by atomic mass is 16.1. The van der Waals surface area contributed by atoms with E-state index in [9.17, 15) is 4.79 Å². The summed E-state index contributed by atoms with van der Waals surface area (Å²) >= 11 is 0. The maximum Gasteiger partial charge on any atom is 0.168 e. The van der Waals surface area contributed by atoms with Crippen molar-refractivity contribution < 1.29 is 4.79 Å². The molecule has 1 saturated heterocycles. The van der Waals surface area contributed by atoms with E-state index >= 15 is 0 Å². The van der Waals surface area contributed by atoms with Crippen molar-refractivity contribution in [2.45, 2.75) is 33.2 Å². The summed E-state index contributed by atoms with van der Waals surface area (Å²) in [5.41, 5.74) is 0.744. The summed E-state index contributed by atoms with van der Waals surface area (Å²) in [6.07, 6.45) is 5.99. The van der Waals surface area contributed by atoms with E-state index in [0.29, 0.717) is 5.92 Å². The van der Waals surface area contributed by atoms with Crippen LogP contribution in [0.5, 0.6) is 0 Å². The summed E-state index contributed by atoms with van der Waals surface area (Å²) in [5, 5.41) is 7.64. The predicted molar refractivity (Wildman–Crippen MR) is 67.0 cm³/mol. The van der Waals surface area contributed by atoms with Crippen molar-refractivity contribution in [1.29, 1.82) is 0 Å². The fourth-order valence-electron chi connectivity index (χ4n) is 2.25. The Morgan fingerprint density at radius 1 is 1.53 bits per heavy atom. The van der Waals surface area contributed by atoms with Gasteiger partial charge in [0.1, 0.15) is 0 Å². The Balaban J connectivity index is 1.95. The van der Waals surface area contributed by atoms with Crippen LogP contribution in [0.15, 0.2) is 12.4 Å². The summed E-state index contributed by atoms with van der Waals surface area (Å²) in [6.45, 7) is 6.99. The minimum Gasteiger partial charge on any atom is -0.317 e. The van der Waals surface area contributed by atoms with E-state index in [1.165, 1.54) is 12.8 Å². The third-order valence-corrected chi connectivity index (χ3v) is 3.35. The molecule has 0 saturated carbocycles. The minimum absolute atomic E-state index is 0.0477. The third kappa shape index (κ3) is 3.16. The second-order valence-corrected chi connectivity index (χ2v) is 5.16. The maximum absolute atomic E-state index is 11.8. The molecule has 1 aromatic heterocycles. The van der Waals surface area contributed by atoms with Crippen LogP contribution < -0.4 is 5.32 Å². The molecule has 1 aliphatic rings. The molecule has 2 rings (SSSR count). The SMILES string of the molecule is CC(C)C(=O)c1cnn(CC2CCNCC2)c1. The van der Waals surface area contributed by atoms with Crippen LogP contribution in [0.4, 0.5) is 0 Å². The van der Waals surface area contributed by atoms with Gasteiger partial charge in [0, 0.05) is 18.7 Å². The van der Waals surface area contributed by atoms with Crippen molar-refractivity contribution in [2.24, 2.45) is 11.8 Å². The van der Waals surface area contributed by atoms with Crippen LogP contribution >= 0.6 is 0 Å². The molecule has 1 fully saturated rings. The van der Waals surface area contributed by atoms with E-state index in [1.807, 2.05) is 24.7 Å². The number of carbonyl (C=O) groups excluding carboxylic acids is 1. The zero-order valence-corrected chi connectivity index (χ0v) is 10.6. The van der Waals surface area contributed by atoms with Gasteiger partial charge in [-0.05, 0) is 31.8 Å².